The van der Waals surface area contributed by atoms with Crippen molar-refractivity contribution in [3.63, 3.8) is 0 Å². The lowest BCUT2D eigenvalue weighted by atomic mass is 10.2. The summed E-state index contributed by atoms with van der Waals surface area (Å²) in [5.41, 5.74) is 3.31. The fourth-order valence-corrected chi connectivity index (χ4v) is 0.969. The zero-order chi connectivity index (χ0) is 11.6. The molecule has 0 spiro atoms. The summed E-state index contributed by atoms with van der Waals surface area (Å²) in [7, 11) is 0.500. The van der Waals surface area contributed by atoms with Gasteiger partial charge in [-0.15, -0.1) is 0 Å². The minimum Gasteiger partial charge on any atom is -0.359 e. The lowest BCUT2D eigenvalue weighted by molar-refractivity contribution is 0.636. The minimum absolute atomic E-state index is 0.500. The van der Waals surface area contributed by atoms with Gasteiger partial charge in [0, 0.05) is 11.4 Å². The highest BCUT2D eigenvalue weighted by Crippen LogP contribution is 2.12. The van der Waals surface area contributed by atoms with Gasteiger partial charge in [-0.2, -0.15) is 0 Å². The zero-order valence-corrected chi connectivity index (χ0v) is 9.52. The third-order valence-corrected chi connectivity index (χ3v) is 1.44. The van der Waals surface area contributed by atoms with Gasteiger partial charge in [-0.25, -0.2) is 0 Å². The van der Waals surface area contributed by atoms with Crippen LogP contribution >= 0.6 is 0 Å². The SMILES string of the molecule is C=Cc1cc(C)[nH]c1C=C.CC.CF. The molecule has 80 valence electrons. The number of rotatable bonds is 2. The Morgan fingerprint density at radius 3 is 2.00 bits per heavy atom. The molecule has 1 aromatic heterocycles. The molecule has 14 heavy (non-hydrogen) atoms. The second-order valence-corrected chi connectivity index (χ2v) is 2.23. The van der Waals surface area contributed by atoms with Gasteiger partial charge in [0.2, 0.25) is 0 Å². The van der Waals surface area contributed by atoms with Crippen LogP contribution < -0.4 is 0 Å². The maximum atomic E-state index is 9.50. The van der Waals surface area contributed by atoms with Crippen LogP contribution in [0, 0.1) is 6.92 Å². The van der Waals surface area contributed by atoms with Gasteiger partial charge in [-0.1, -0.05) is 33.1 Å². The predicted molar refractivity (Wildman–Crippen MR) is 64.1 cm³/mol. The van der Waals surface area contributed by atoms with Crippen LogP contribution in [-0.2, 0) is 0 Å². The molecule has 0 aliphatic rings. The van der Waals surface area contributed by atoms with Gasteiger partial charge in [0.25, 0.3) is 0 Å². The lowest BCUT2D eigenvalue weighted by Crippen LogP contribution is -1.72. The average Bonchev–Trinajstić information content (AvgIpc) is 2.64. The first-order valence-electron chi connectivity index (χ1n) is 4.60. The number of alkyl halides is 1. The molecule has 0 aromatic carbocycles. The quantitative estimate of drug-likeness (QED) is 0.730. The van der Waals surface area contributed by atoms with Gasteiger partial charge in [-0.05, 0) is 24.6 Å². The summed E-state index contributed by atoms with van der Waals surface area (Å²) in [6.45, 7) is 13.4. The van der Waals surface area contributed by atoms with E-state index < -0.39 is 0 Å². The van der Waals surface area contributed by atoms with E-state index in [1.807, 2.05) is 32.9 Å². The van der Waals surface area contributed by atoms with Gasteiger partial charge in [0.15, 0.2) is 0 Å². The average molecular weight is 197 g/mol. The standard InChI is InChI=1S/C9H11N.C2H6.CH3F/c1-4-8-6-7(3)10-9(8)5-2;2*1-2/h4-6,10H,1-2H2,3H3;1-2H3;1H3. The number of aromatic nitrogens is 1. The lowest BCUT2D eigenvalue weighted by Gasteiger charge is -1.86. The van der Waals surface area contributed by atoms with Gasteiger partial charge in [-0.3, -0.25) is 4.39 Å². The Kier molecular flexibility index (Phi) is 10.6. The van der Waals surface area contributed by atoms with Crippen LogP contribution in [0.25, 0.3) is 12.2 Å². The van der Waals surface area contributed by atoms with Crippen LogP contribution in [0.3, 0.4) is 0 Å². The highest BCUT2D eigenvalue weighted by molar-refractivity contribution is 5.61. The molecule has 2 heteroatoms. The molecule has 0 aliphatic carbocycles. The molecule has 0 aliphatic heterocycles. The number of aryl methyl sites for hydroxylation is 1. The van der Waals surface area contributed by atoms with E-state index in [-0.39, 0.29) is 0 Å². The number of aromatic amines is 1. The van der Waals surface area contributed by atoms with Crippen LogP contribution in [0.15, 0.2) is 19.2 Å². The number of nitrogens with one attached hydrogen (secondary N) is 1. The summed E-state index contributed by atoms with van der Waals surface area (Å²) >= 11 is 0. The number of hydrogen-bond acceptors (Lipinski definition) is 0. The van der Waals surface area contributed by atoms with Crippen LogP contribution in [0.2, 0.25) is 0 Å². The summed E-state index contributed by atoms with van der Waals surface area (Å²) in [4.78, 5) is 3.16. The third kappa shape index (κ3) is 4.65. The molecule has 0 unspecified atom stereocenters. The second kappa shape index (κ2) is 9.78. The van der Waals surface area contributed by atoms with Crippen molar-refractivity contribution in [1.82, 2.24) is 4.98 Å². The fourth-order valence-electron chi connectivity index (χ4n) is 0.969. The topological polar surface area (TPSA) is 15.8 Å². The van der Waals surface area contributed by atoms with Crippen molar-refractivity contribution in [3.8, 4) is 0 Å². The van der Waals surface area contributed by atoms with Crippen molar-refractivity contribution >= 4 is 12.2 Å². The van der Waals surface area contributed by atoms with Gasteiger partial charge < -0.3 is 4.98 Å². The van der Waals surface area contributed by atoms with Crippen LogP contribution in [0.4, 0.5) is 4.39 Å². The summed E-state index contributed by atoms with van der Waals surface area (Å²) in [6, 6.07) is 2.05. The number of halogens is 1. The smallest absolute Gasteiger partial charge is 0.0785 e. The van der Waals surface area contributed by atoms with Crippen molar-refractivity contribution in [2.45, 2.75) is 20.8 Å². The van der Waals surface area contributed by atoms with E-state index in [9.17, 15) is 4.39 Å². The zero-order valence-electron chi connectivity index (χ0n) is 9.52. The predicted octanol–water partition coefficient (Wildman–Crippen LogP) is 4.22. The molecule has 0 fully saturated rings. The molecule has 1 rings (SSSR count). The first-order chi connectivity index (χ1) is 6.77. The van der Waals surface area contributed by atoms with Gasteiger partial charge in [0.05, 0.1) is 7.18 Å². The van der Waals surface area contributed by atoms with E-state index in [2.05, 4.69) is 18.1 Å². The molecule has 1 aromatic rings. The van der Waals surface area contributed by atoms with Crippen molar-refractivity contribution in [2.75, 3.05) is 7.18 Å². The normalized spacial score (nSPS) is 7.50. The van der Waals surface area contributed by atoms with E-state index >= 15 is 0 Å². The minimum atomic E-state index is 0.500. The molecule has 0 radical (unpaired) electrons. The van der Waals surface area contributed by atoms with Gasteiger partial charge in [0.1, 0.15) is 0 Å². The maximum absolute atomic E-state index is 9.50. The largest absolute Gasteiger partial charge is 0.359 e. The highest BCUT2D eigenvalue weighted by Gasteiger charge is 1.96. The van der Waals surface area contributed by atoms with E-state index in [4.69, 9.17) is 0 Å². The van der Waals surface area contributed by atoms with Gasteiger partial charge >= 0.3 is 0 Å². The molecular formula is C12H20FN. The highest BCUT2D eigenvalue weighted by atomic mass is 19.1. The second-order valence-electron chi connectivity index (χ2n) is 2.23. The summed E-state index contributed by atoms with van der Waals surface area (Å²) < 4.78 is 9.50. The Hall–Kier alpha value is -1.31. The molecule has 1 heterocycles. The van der Waals surface area contributed by atoms with E-state index in [1.54, 1.807) is 6.08 Å². The molecule has 1 nitrogen and oxygen atoms in total. The molecule has 0 amide bonds. The van der Waals surface area contributed by atoms with Crippen molar-refractivity contribution in [1.29, 1.82) is 0 Å². The Morgan fingerprint density at radius 2 is 1.71 bits per heavy atom. The number of hydrogen-bond donors (Lipinski definition) is 1. The fraction of sp³-hybridized carbons (Fsp3) is 0.333. The Morgan fingerprint density at radius 1 is 1.21 bits per heavy atom. The molecule has 0 atom stereocenters. The Balaban J connectivity index is 0. The Bertz CT molecular complexity index is 236. The molecule has 0 saturated carbocycles. The monoisotopic (exact) mass is 197 g/mol. The van der Waals surface area contributed by atoms with E-state index in [1.165, 1.54) is 0 Å². The van der Waals surface area contributed by atoms with Crippen molar-refractivity contribution in [3.05, 3.63) is 36.2 Å². The van der Waals surface area contributed by atoms with Crippen molar-refractivity contribution in [2.24, 2.45) is 0 Å². The Labute approximate surface area is 86.4 Å². The molecule has 0 saturated heterocycles. The van der Waals surface area contributed by atoms with Crippen LogP contribution in [0.1, 0.15) is 30.8 Å². The molecule has 1 N–H and O–H groups in total. The molecule has 0 bridgehead atoms. The third-order valence-electron chi connectivity index (χ3n) is 1.44. The van der Waals surface area contributed by atoms with E-state index in [0.717, 1.165) is 17.0 Å². The maximum Gasteiger partial charge on any atom is 0.0785 e. The van der Waals surface area contributed by atoms with E-state index in [0.29, 0.717) is 7.18 Å². The number of H-pyrrole nitrogens is 1. The van der Waals surface area contributed by atoms with Crippen LogP contribution in [-0.4, -0.2) is 12.2 Å². The molecular weight excluding hydrogens is 177 g/mol. The van der Waals surface area contributed by atoms with Crippen molar-refractivity contribution < 1.29 is 4.39 Å². The first kappa shape index (κ1) is 15.2. The summed E-state index contributed by atoms with van der Waals surface area (Å²) in [5, 5.41) is 0. The summed E-state index contributed by atoms with van der Waals surface area (Å²) in [5.74, 6) is 0. The summed E-state index contributed by atoms with van der Waals surface area (Å²) in [6.07, 6.45) is 3.62. The first-order valence-corrected chi connectivity index (χ1v) is 4.60. The van der Waals surface area contributed by atoms with Crippen LogP contribution in [0.5, 0.6) is 0 Å².